The summed E-state index contributed by atoms with van der Waals surface area (Å²) in [5.74, 6) is -2.14. The standard InChI is InChI=1S/C24H28O7/c1-21-13-23(29-19(26)16-10-6-3-7-11-16)17-12-24(21,27)22(17,20(30-21)31-23)14-28-18(25)15-8-4-2-5-9-15/h2,4-5,8-9,16-17,20,27H,3,6-7,10-14H2,1H3. The van der Waals surface area contributed by atoms with Crippen molar-refractivity contribution in [1.82, 2.24) is 0 Å². The molecule has 8 rings (SSSR count). The second-order valence-corrected chi connectivity index (χ2v) is 10.1. The molecule has 3 aliphatic heterocycles. The van der Waals surface area contributed by atoms with Crippen molar-refractivity contribution in [1.29, 1.82) is 0 Å². The fourth-order valence-electron chi connectivity index (χ4n) is 6.95. The van der Waals surface area contributed by atoms with Gasteiger partial charge in [0.15, 0.2) is 6.29 Å². The fourth-order valence-corrected chi connectivity index (χ4v) is 6.95. The van der Waals surface area contributed by atoms with E-state index in [2.05, 4.69) is 0 Å². The van der Waals surface area contributed by atoms with Crippen LogP contribution in [0.25, 0.3) is 0 Å². The number of aliphatic hydroxyl groups is 1. The minimum Gasteiger partial charge on any atom is -0.461 e. The van der Waals surface area contributed by atoms with Gasteiger partial charge in [-0.1, -0.05) is 37.5 Å². The highest BCUT2D eigenvalue weighted by molar-refractivity contribution is 5.89. The van der Waals surface area contributed by atoms with Crippen molar-refractivity contribution in [2.24, 2.45) is 17.3 Å². The van der Waals surface area contributed by atoms with Gasteiger partial charge < -0.3 is 24.1 Å². The molecule has 7 aliphatic rings. The molecule has 6 bridgehead atoms. The summed E-state index contributed by atoms with van der Waals surface area (Å²) in [6.07, 6.45) is 4.87. The van der Waals surface area contributed by atoms with E-state index in [0.717, 1.165) is 32.1 Å². The van der Waals surface area contributed by atoms with Gasteiger partial charge in [-0.3, -0.25) is 4.79 Å². The molecule has 1 aromatic carbocycles. The summed E-state index contributed by atoms with van der Waals surface area (Å²) in [5.41, 5.74) is -2.55. The van der Waals surface area contributed by atoms with Gasteiger partial charge in [-0.25, -0.2) is 4.79 Å². The lowest BCUT2D eigenvalue weighted by Gasteiger charge is -2.65. The van der Waals surface area contributed by atoms with Crippen LogP contribution in [-0.4, -0.2) is 46.9 Å². The number of carbonyl (C=O) groups is 2. The molecular formula is C24H28O7. The Morgan fingerprint density at radius 2 is 1.87 bits per heavy atom. The van der Waals surface area contributed by atoms with Gasteiger partial charge >= 0.3 is 11.9 Å². The van der Waals surface area contributed by atoms with E-state index in [1.165, 1.54) is 0 Å². The van der Waals surface area contributed by atoms with Crippen LogP contribution in [0.5, 0.6) is 0 Å². The molecule has 31 heavy (non-hydrogen) atoms. The second-order valence-electron chi connectivity index (χ2n) is 10.1. The molecule has 3 saturated heterocycles. The Labute approximate surface area is 181 Å². The van der Waals surface area contributed by atoms with Crippen LogP contribution in [0, 0.1) is 17.3 Å². The number of ether oxygens (including phenoxy) is 4. The Kier molecular flexibility index (Phi) is 4.01. The fraction of sp³-hybridized carbons (Fsp3) is 0.667. The van der Waals surface area contributed by atoms with E-state index in [1.54, 1.807) is 24.3 Å². The van der Waals surface area contributed by atoms with E-state index in [-0.39, 0.29) is 24.4 Å². The maximum atomic E-state index is 13.0. The van der Waals surface area contributed by atoms with Gasteiger partial charge in [-0.05, 0) is 38.3 Å². The Morgan fingerprint density at radius 1 is 1.13 bits per heavy atom. The van der Waals surface area contributed by atoms with Crippen molar-refractivity contribution in [3.8, 4) is 0 Å². The highest BCUT2D eigenvalue weighted by Crippen LogP contribution is 2.81. The van der Waals surface area contributed by atoms with Crippen LogP contribution in [0.3, 0.4) is 0 Å². The summed E-state index contributed by atoms with van der Waals surface area (Å²) < 4.78 is 24.1. The normalized spacial score (nSPS) is 44.7. The Balaban J connectivity index is 1.26. The smallest absolute Gasteiger partial charge is 0.338 e. The molecule has 0 spiro atoms. The van der Waals surface area contributed by atoms with Gasteiger partial charge in [0, 0.05) is 12.3 Å². The summed E-state index contributed by atoms with van der Waals surface area (Å²) in [6.45, 7) is 1.81. The molecule has 3 heterocycles. The van der Waals surface area contributed by atoms with Crippen LogP contribution >= 0.6 is 0 Å². The maximum Gasteiger partial charge on any atom is 0.338 e. The second kappa shape index (κ2) is 6.30. The number of hydrogen-bond donors (Lipinski definition) is 1. The molecular weight excluding hydrogens is 400 g/mol. The Morgan fingerprint density at radius 3 is 2.61 bits per heavy atom. The van der Waals surface area contributed by atoms with Crippen LogP contribution in [-0.2, 0) is 23.7 Å². The maximum absolute atomic E-state index is 13.0. The molecule has 1 N–H and O–H groups in total. The van der Waals surface area contributed by atoms with E-state index < -0.39 is 34.7 Å². The Hall–Kier alpha value is -1.96. The molecule has 7 fully saturated rings. The Bertz CT molecular complexity index is 927. The molecule has 0 radical (unpaired) electrons. The van der Waals surface area contributed by atoms with E-state index in [0.29, 0.717) is 18.4 Å². The quantitative estimate of drug-likeness (QED) is 0.721. The third kappa shape index (κ3) is 2.35. The summed E-state index contributed by atoms with van der Waals surface area (Å²) in [5, 5.41) is 11.6. The van der Waals surface area contributed by atoms with Crippen molar-refractivity contribution in [2.45, 2.75) is 75.1 Å². The van der Waals surface area contributed by atoms with Crippen LogP contribution in [0.15, 0.2) is 30.3 Å². The average molecular weight is 428 g/mol. The first-order valence-electron chi connectivity index (χ1n) is 11.4. The highest BCUT2D eigenvalue weighted by Gasteiger charge is 2.94. The summed E-state index contributed by atoms with van der Waals surface area (Å²) in [7, 11) is 0. The van der Waals surface area contributed by atoms with Crippen LogP contribution in [0.1, 0.15) is 62.2 Å². The molecule has 166 valence electrons. The molecule has 7 heteroatoms. The zero-order valence-electron chi connectivity index (χ0n) is 17.7. The average Bonchev–Trinajstić information content (AvgIpc) is 2.97. The first kappa shape index (κ1) is 19.7. The summed E-state index contributed by atoms with van der Waals surface area (Å²) in [6, 6.07) is 8.76. The lowest BCUT2D eigenvalue weighted by molar-refractivity contribution is -0.386. The van der Waals surface area contributed by atoms with Gasteiger partial charge in [0.1, 0.15) is 17.8 Å². The van der Waals surface area contributed by atoms with E-state index in [4.69, 9.17) is 18.9 Å². The molecule has 0 amide bonds. The zero-order chi connectivity index (χ0) is 21.5. The van der Waals surface area contributed by atoms with Crippen molar-refractivity contribution in [2.75, 3.05) is 6.61 Å². The summed E-state index contributed by atoms with van der Waals surface area (Å²) >= 11 is 0. The highest BCUT2D eigenvalue weighted by atomic mass is 16.8. The van der Waals surface area contributed by atoms with Gasteiger partial charge in [-0.2, -0.15) is 0 Å². The van der Waals surface area contributed by atoms with Crippen LogP contribution in [0.4, 0.5) is 0 Å². The first-order valence-corrected chi connectivity index (χ1v) is 11.4. The number of esters is 2. The zero-order valence-corrected chi connectivity index (χ0v) is 17.7. The molecule has 7 nitrogen and oxygen atoms in total. The third-order valence-corrected chi connectivity index (χ3v) is 8.64. The van der Waals surface area contributed by atoms with Crippen molar-refractivity contribution < 1.29 is 33.6 Å². The SMILES string of the molecule is CC12CC3(OC(=O)C4CCCCC4)OC(O1)C1(COC(=O)c4ccccc4)C3CC21O. The number of carbonyl (C=O) groups excluding carboxylic acids is 2. The third-order valence-electron chi connectivity index (χ3n) is 8.64. The van der Waals surface area contributed by atoms with Gasteiger partial charge in [0.2, 0.25) is 5.79 Å². The molecule has 6 unspecified atom stereocenters. The van der Waals surface area contributed by atoms with Crippen LogP contribution in [0.2, 0.25) is 0 Å². The van der Waals surface area contributed by atoms with Crippen LogP contribution < -0.4 is 0 Å². The van der Waals surface area contributed by atoms with Crippen molar-refractivity contribution in [3.63, 3.8) is 0 Å². The number of benzene rings is 1. The number of rotatable bonds is 5. The summed E-state index contributed by atoms with van der Waals surface area (Å²) in [4.78, 5) is 25.6. The predicted molar refractivity (Wildman–Crippen MR) is 107 cm³/mol. The molecule has 0 aromatic heterocycles. The lowest BCUT2D eigenvalue weighted by Crippen LogP contribution is -2.79. The molecule has 6 atom stereocenters. The van der Waals surface area contributed by atoms with Crippen molar-refractivity contribution in [3.05, 3.63) is 35.9 Å². The molecule has 4 saturated carbocycles. The topological polar surface area (TPSA) is 91.3 Å². The molecule has 1 aromatic rings. The minimum absolute atomic E-state index is 0.0368. The first-order chi connectivity index (χ1) is 14.8. The minimum atomic E-state index is -1.18. The largest absolute Gasteiger partial charge is 0.461 e. The van der Waals surface area contributed by atoms with E-state index >= 15 is 0 Å². The van der Waals surface area contributed by atoms with E-state index in [1.807, 2.05) is 13.0 Å². The van der Waals surface area contributed by atoms with E-state index in [9.17, 15) is 14.7 Å². The lowest BCUT2D eigenvalue weighted by atomic mass is 9.41. The predicted octanol–water partition coefficient (Wildman–Crippen LogP) is 2.95. The van der Waals surface area contributed by atoms with Gasteiger partial charge in [-0.15, -0.1) is 0 Å². The van der Waals surface area contributed by atoms with Crippen molar-refractivity contribution >= 4 is 11.9 Å². The number of hydrogen-bond acceptors (Lipinski definition) is 7. The van der Waals surface area contributed by atoms with Gasteiger partial charge in [0.05, 0.1) is 16.9 Å². The molecule has 4 aliphatic carbocycles. The van der Waals surface area contributed by atoms with Gasteiger partial charge in [0.25, 0.3) is 0 Å². The monoisotopic (exact) mass is 428 g/mol.